The van der Waals surface area contributed by atoms with Crippen molar-refractivity contribution in [1.82, 2.24) is 10.2 Å². The summed E-state index contributed by atoms with van der Waals surface area (Å²) in [7, 11) is -3.26. The van der Waals surface area contributed by atoms with Crippen molar-refractivity contribution in [2.75, 3.05) is 28.2 Å². The Morgan fingerprint density at radius 2 is 2.04 bits per heavy atom. The molecule has 7 nitrogen and oxygen atoms in total. The van der Waals surface area contributed by atoms with E-state index in [1.807, 2.05) is 30.5 Å². The van der Waals surface area contributed by atoms with Gasteiger partial charge in [0.1, 0.15) is 0 Å². The number of carbonyl (C=O) groups is 1. The molecular weight excluding hydrogens is 396 g/mol. The van der Waals surface area contributed by atoms with E-state index in [9.17, 15) is 13.2 Å². The van der Waals surface area contributed by atoms with E-state index >= 15 is 0 Å². The fraction of sp³-hybridized carbons (Fsp3) is 0.263. The number of amides is 1. The van der Waals surface area contributed by atoms with E-state index < -0.39 is 10.0 Å². The third-order valence-corrected chi connectivity index (χ3v) is 7.33. The maximum absolute atomic E-state index is 12.4. The summed E-state index contributed by atoms with van der Waals surface area (Å²) in [5, 5.41) is 10.6. The standard InChI is InChI=1S/C19H20N4O3S2/c1-27-15-6-3-13(4-7-15)11-18(24)20-19-16-12-14(5-8-17(16)21-22-19)23-9-2-10-28(23,25)26/h3-8,12H,2,9-11H2,1H3,(H2,20,21,22,24). The first-order chi connectivity index (χ1) is 13.5. The molecule has 2 aromatic carbocycles. The van der Waals surface area contributed by atoms with Crippen LogP contribution in [0.5, 0.6) is 0 Å². The van der Waals surface area contributed by atoms with Crippen molar-refractivity contribution in [3.8, 4) is 0 Å². The van der Waals surface area contributed by atoms with Gasteiger partial charge in [-0.1, -0.05) is 12.1 Å². The second-order valence-corrected chi connectivity index (χ2v) is 9.51. The maximum atomic E-state index is 12.4. The van der Waals surface area contributed by atoms with Gasteiger partial charge in [0.25, 0.3) is 0 Å². The molecule has 1 aliphatic rings. The molecule has 4 rings (SSSR count). The number of hydrogen-bond acceptors (Lipinski definition) is 5. The van der Waals surface area contributed by atoms with Gasteiger partial charge in [0.15, 0.2) is 5.82 Å². The molecule has 146 valence electrons. The van der Waals surface area contributed by atoms with Gasteiger partial charge < -0.3 is 5.32 Å². The summed E-state index contributed by atoms with van der Waals surface area (Å²) in [6, 6.07) is 13.1. The summed E-state index contributed by atoms with van der Waals surface area (Å²) in [6.45, 7) is 0.472. The molecule has 1 aliphatic heterocycles. The molecule has 0 bridgehead atoms. The van der Waals surface area contributed by atoms with E-state index in [0.717, 1.165) is 16.0 Å². The topological polar surface area (TPSA) is 95.2 Å². The molecule has 1 amide bonds. The molecule has 1 aromatic heterocycles. The minimum Gasteiger partial charge on any atom is -0.308 e. The normalized spacial score (nSPS) is 15.8. The Balaban J connectivity index is 1.55. The Bertz CT molecular complexity index is 1120. The number of anilines is 2. The van der Waals surface area contributed by atoms with Crippen molar-refractivity contribution < 1.29 is 13.2 Å². The second-order valence-electron chi connectivity index (χ2n) is 6.62. The lowest BCUT2D eigenvalue weighted by Gasteiger charge is -2.16. The average Bonchev–Trinajstić information content (AvgIpc) is 3.24. The summed E-state index contributed by atoms with van der Waals surface area (Å²) >= 11 is 1.65. The van der Waals surface area contributed by atoms with Gasteiger partial charge in [-0.2, -0.15) is 5.10 Å². The van der Waals surface area contributed by atoms with Gasteiger partial charge in [0.2, 0.25) is 15.9 Å². The van der Waals surface area contributed by atoms with Crippen LogP contribution in [0.4, 0.5) is 11.5 Å². The number of carbonyl (C=O) groups excluding carboxylic acids is 1. The van der Waals surface area contributed by atoms with Crippen LogP contribution in [0.15, 0.2) is 47.4 Å². The van der Waals surface area contributed by atoms with Gasteiger partial charge in [-0.3, -0.25) is 14.2 Å². The number of benzene rings is 2. The number of H-pyrrole nitrogens is 1. The maximum Gasteiger partial charge on any atom is 0.235 e. The number of aromatic amines is 1. The zero-order chi connectivity index (χ0) is 19.7. The average molecular weight is 417 g/mol. The molecule has 2 N–H and O–H groups in total. The Hall–Kier alpha value is -2.52. The van der Waals surface area contributed by atoms with E-state index in [0.29, 0.717) is 29.9 Å². The number of aromatic nitrogens is 2. The van der Waals surface area contributed by atoms with Crippen LogP contribution in [0.2, 0.25) is 0 Å². The zero-order valence-corrected chi connectivity index (χ0v) is 16.9. The first-order valence-corrected chi connectivity index (χ1v) is 11.7. The zero-order valence-electron chi connectivity index (χ0n) is 15.3. The van der Waals surface area contributed by atoms with Crippen molar-refractivity contribution in [2.24, 2.45) is 0 Å². The highest BCUT2D eigenvalue weighted by Gasteiger charge is 2.28. The number of sulfonamides is 1. The van der Waals surface area contributed by atoms with Gasteiger partial charge in [-0.05, 0) is 48.6 Å². The van der Waals surface area contributed by atoms with E-state index in [2.05, 4.69) is 15.5 Å². The van der Waals surface area contributed by atoms with Crippen molar-refractivity contribution in [2.45, 2.75) is 17.7 Å². The Morgan fingerprint density at radius 1 is 1.25 bits per heavy atom. The molecule has 1 saturated heterocycles. The first kappa shape index (κ1) is 18.8. The second kappa shape index (κ2) is 7.48. The minimum atomic E-state index is -3.26. The molecule has 2 heterocycles. The summed E-state index contributed by atoms with van der Waals surface area (Å²) in [6.07, 6.45) is 2.86. The Kier molecular flexibility index (Phi) is 5.03. The number of nitrogens with zero attached hydrogens (tertiary/aromatic N) is 2. The fourth-order valence-corrected chi connectivity index (χ4v) is 5.25. The number of rotatable bonds is 5. The number of fused-ring (bicyclic) bond motifs is 1. The molecule has 0 spiro atoms. The van der Waals surface area contributed by atoms with Crippen LogP contribution in [0.3, 0.4) is 0 Å². The number of hydrogen-bond donors (Lipinski definition) is 2. The molecule has 0 radical (unpaired) electrons. The summed E-state index contributed by atoms with van der Waals surface area (Å²) in [5.74, 6) is 0.388. The highest BCUT2D eigenvalue weighted by molar-refractivity contribution is 7.98. The number of thioether (sulfide) groups is 1. The van der Waals surface area contributed by atoms with Crippen LogP contribution in [-0.4, -0.2) is 43.1 Å². The first-order valence-electron chi connectivity index (χ1n) is 8.87. The molecule has 28 heavy (non-hydrogen) atoms. The lowest BCUT2D eigenvalue weighted by molar-refractivity contribution is -0.115. The van der Waals surface area contributed by atoms with E-state index in [1.165, 1.54) is 4.31 Å². The largest absolute Gasteiger partial charge is 0.308 e. The van der Waals surface area contributed by atoms with Crippen LogP contribution in [0.1, 0.15) is 12.0 Å². The van der Waals surface area contributed by atoms with Crippen molar-refractivity contribution in [3.63, 3.8) is 0 Å². The van der Waals surface area contributed by atoms with Gasteiger partial charge in [0, 0.05) is 16.8 Å². The molecule has 1 fully saturated rings. The summed E-state index contributed by atoms with van der Waals surface area (Å²) < 4.78 is 25.8. The molecule has 0 aliphatic carbocycles. The van der Waals surface area contributed by atoms with E-state index in [1.54, 1.807) is 30.0 Å². The lowest BCUT2D eigenvalue weighted by Crippen LogP contribution is -2.24. The predicted octanol–water partition coefficient (Wildman–Crippen LogP) is 3.01. The molecule has 9 heteroatoms. The smallest absolute Gasteiger partial charge is 0.235 e. The predicted molar refractivity (Wildman–Crippen MR) is 112 cm³/mol. The van der Waals surface area contributed by atoms with Crippen molar-refractivity contribution >= 4 is 50.1 Å². The van der Waals surface area contributed by atoms with Crippen LogP contribution in [0.25, 0.3) is 10.9 Å². The number of nitrogens with one attached hydrogen (secondary N) is 2. The molecule has 3 aromatic rings. The van der Waals surface area contributed by atoms with Crippen molar-refractivity contribution in [1.29, 1.82) is 0 Å². The van der Waals surface area contributed by atoms with Crippen LogP contribution in [-0.2, 0) is 21.2 Å². The lowest BCUT2D eigenvalue weighted by atomic mass is 10.1. The monoisotopic (exact) mass is 416 g/mol. The molecule has 0 unspecified atom stereocenters. The molecule has 0 saturated carbocycles. The highest BCUT2D eigenvalue weighted by Crippen LogP contribution is 2.30. The van der Waals surface area contributed by atoms with E-state index in [-0.39, 0.29) is 18.1 Å². The Labute approximate surface area is 167 Å². The van der Waals surface area contributed by atoms with Gasteiger partial charge in [-0.15, -0.1) is 11.8 Å². The SMILES string of the molecule is CSc1ccc(CC(=O)Nc2n[nH]c3ccc(N4CCCS4(=O)=O)cc23)cc1. The fourth-order valence-electron chi connectivity index (χ4n) is 3.29. The highest BCUT2D eigenvalue weighted by atomic mass is 32.2. The van der Waals surface area contributed by atoms with Gasteiger partial charge in [-0.25, -0.2) is 8.42 Å². The van der Waals surface area contributed by atoms with Gasteiger partial charge in [0.05, 0.1) is 23.4 Å². The third-order valence-electron chi connectivity index (χ3n) is 4.72. The van der Waals surface area contributed by atoms with Crippen molar-refractivity contribution in [3.05, 3.63) is 48.0 Å². The van der Waals surface area contributed by atoms with Crippen LogP contribution >= 0.6 is 11.8 Å². The quantitative estimate of drug-likeness (QED) is 0.624. The van der Waals surface area contributed by atoms with Crippen LogP contribution < -0.4 is 9.62 Å². The summed E-state index contributed by atoms with van der Waals surface area (Å²) in [4.78, 5) is 13.6. The third kappa shape index (κ3) is 3.72. The minimum absolute atomic E-state index is 0.162. The van der Waals surface area contributed by atoms with E-state index in [4.69, 9.17) is 0 Å². The van der Waals surface area contributed by atoms with Crippen LogP contribution in [0, 0.1) is 0 Å². The summed E-state index contributed by atoms with van der Waals surface area (Å²) in [5.41, 5.74) is 2.24. The molecule has 0 atom stereocenters. The Morgan fingerprint density at radius 3 is 2.71 bits per heavy atom. The van der Waals surface area contributed by atoms with Gasteiger partial charge >= 0.3 is 0 Å². The molecular formula is C19H20N4O3S2.